The number of hydrogen-bond donors (Lipinski definition) is 2. The minimum absolute atomic E-state index is 0.0461. The maximum absolute atomic E-state index is 15.2. The fourth-order valence-corrected chi connectivity index (χ4v) is 3.82. The summed E-state index contributed by atoms with van der Waals surface area (Å²) in [5.74, 6) is -3.52. The molecule has 6 heteroatoms. The highest BCUT2D eigenvalue weighted by Crippen LogP contribution is 2.38. The number of hydrogen-bond acceptors (Lipinski definition) is 3. The lowest BCUT2D eigenvalue weighted by Crippen LogP contribution is -2.24. The molecule has 0 amide bonds. The monoisotopic (exact) mass is 481 g/mol. The Kier molecular flexibility index (Phi) is 8.62. The molecular formula is C29H33F2NO3. The average molecular weight is 482 g/mol. The second kappa shape index (κ2) is 11.5. The summed E-state index contributed by atoms with van der Waals surface area (Å²) < 4.78 is 36.5. The zero-order valence-electron chi connectivity index (χ0n) is 20.4. The molecule has 2 N–H and O–H groups in total. The van der Waals surface area contributed by atoms with Gasteiger partial charge in [0.2, 0.25) is 0 Å². The van der Waals surface area contributed by atoms with Crippen molar-refractivity contribution in [2.45, 2.75) is 51.1 Å². The molecule has 1 atom stereocenters. The summed E-state index contributed by atoms with van der Waals surface area (Å²) in [7, 11) is 0. The van der Waals surface area contributed by atoms with Crippen molar-refractivity contribution in [3.8, 4) is 5.75 Å². The standard InChI is InChI=1S/C29H33F2NO3/c1-28(2,3)22-11-13-23(14-12-22)29(30,31)24-15-17-25(18-16-24)35-26(21-8-5-4-6-9-21)10-7-19-32-20-27(33)34/h4-6,8-9,11-18,26,32H,7,10,19-20H2,1-3H3,(H,33,34). The van der Waals surface area contributed by atoms with Crippen LogP contribution in [0.1, 0.15) is 62.0 Å². The second-order valence-corrected chi connectivity index (χ2v) is 9.66. The first-order valence-corrected chi connectivity index (χ1v) is 11.8. The summed E-state index contributed by atoms with van der Waals surface area (Å²) in [5, 5.41) is 11.6. The lowest BCUT2D eigenvalue weighted by Gasteiger charge is -2.23. The largest absolute Gasteiger partial charge is 0.486 e. The number of aliphatic carboxylic acids is 1. The molecule has 0 spiro atoms. The molecule has 0 fully saturated rings. The Hall–Kier alpha value is -3.25. The zero-order valence-corrected chi connectivity index (χ0v) is 20.4. The van der Waals surface area contributed by atoms with Gasteiger partial charge in [-0.1, -0.05) is 75.4 Å². The summed E-state index contributed by atoms with van der Waals surface area (Å²) in [6.45, 7) is 6.60. The van der Waals surface area contributed by atoms with E-state index in [1.807, 2.05) is 51.1 Å². The summed E-state index contributed by atoms with van der Waals surface area (Å²) in [6.07, 6.45) is 1.07. The number of carbonyl (C=O) groups is 1. The van der Waals surface area contributed by atoms with E-state index in [4.69, 9.17) is 9.84 Å². The van der Waals surface area contributed by atoms with Crippen molar-refractivity contribution in [1.29, 1.82) is 0 Å². The van der Waals surface area contributed by atoms with Crippen LogP contribution >= 0.6 is 0 Å². The van der Waals surface area contributed by atoms with Crippen molar-refractivity contribution < 1.29 is 23.4 Å². The van der Waals surface area contributed by atoms with Gasteiger partial charge in [-0.15, -0.1) is 0 Å². The van der Waals surface area contributed by atoms with Gasteiger partial charge in [-0.2, -0.15) is 8.78 Å². The average Bonchev–Trinajstić information content (AvgIpc) is 2.83. The van der Waals surface area contributed by atoms with Crippen LogP contribution in [0.25, 0.3) is 0 Å². The molecule has 0 saturated heterocycles. The molecule has 3 rings (SSSR count). The van der Waals surface area contributed by atoms with E-state index in [2.05, 4.69) is 5.32 Å². The van der Waals surface area contributed by atoms with Gasteiger partial charge >= 0.3 is 5.97 Å². The van der Waals surface area contributed by atoms with Crippen LogP contribution in [0.5, 0.6) is 5.75 Å². The molecule has 0 aromatic heterocycles. The second-order valence-electron chi connectivity index (χ2n) is 9.66. The van der Waals surface area contributed by atoms with Gasteiger partial charge in [0.15, 0.2) is 0 Å². The molecule has 0 aliphatic rings. The van der Waals surface area contributed by atoms with E-state index in [-0.39, 0.29) is 29.2 Å². The van der Waals surface area contributed by atoms with Crippen molar-refractivity contribution in [2.75, 3.05) is 13.1 Å². The van der Waals surface area contributed by atoms with Gasteiger partial charge in [0, 0.05) is 11.1 Å². The zero-order chi connectivity index (χ0) is 25.5. The highest BCUT2D eigenvalue weighted by molar-refractivity contribution is 5.68. The molecule has 0 aliphatic heterocycles. The van der Waals surface area contributed by atoms with Crippen LogP contribution in [0.15, 0.2) is 78.9 Å². The van der Waals surface area contributed by atoms with Crippen molar-refractivity contribution in [2.24, 2.45) is 0 Å². The molecule has 0 heterocycles. The molecule has 0 saturated carbocycles. The fourth-order valence-electron chi connectivity index (χ4n) is 3.82. The SMILES string of the molecule is CC(C)(C)c1ccc(C(F)(F)c2ccc(OC(CCCNCC(=O)O)c3ccccc3)cc2)cc1. The van der Waals surface area contributed by atoms with Crippen LogP contribution in [0, 0.1) is 0 Å². The number of benzene rings is 3. The van der Waals surface area contributed by atoms with Gasteiger partial charge < -0.3 is 15.2 Å². The van der Waals surface area contributed by atoms with E-state index in [0.29, 0.717) is 25.1 Å². The van der Waals surface area contributed by atoms with Gasteiger partial charge in [-0.25, -0.2) is 0 Å². The normalized spacial score (nSPS) is 12.8. The lowest BCUT2D eigenvalue weighted by molar-refractivity contribution is -0.135. The lowest BCUT2D eigenvalue weighted by atomic mass is 9.86. The Labute approximate surface area is 206 Å². The molecule has 0 aliphatic carbocycles. The van der Waals surface area contributed by atoms with E-state index in [0.717, 1.165) is 11.1 Å². The smallest absolute Gasteiger partial charge is 0.317 e. The van der Waals surface area contributed by atoms with E-state index < -0.39 is 11.9 Å². The third-order valence-electron chi connectivity index (χ3n) is 5.88. The third kappa shape index (κ3) is 7.36. The molecule has 0 bridgehead atoms. The summed E-state index contributed by atoms with van der Waals surface area (Å²) in [4.78, 5) is 10.7. The van der Waals surface area contributed by atoms with Gasteiger partial charge in [0.25, 0.3) is 5.92 Å². The predicted molar refractivity (Wildman–Crippen MR) is 134 cm³/mol. The topological polar surface area (TPSA) is 58.6 Å². The maximum Gasteiger partial charge on any atom is 0.317 e. The molecule has 4 nitrogen and oxygen atoms in total. The highest BCUT2D eigenvalue weighted by atomic mass is 19.3. The number of ether oxygens (including phenoxy) is 1. The predicted octanol–water partition coefficient (Wildman–Crippen LogP) is 6.70. The Morgan fingerprint density at radius 2 is 1.43 bits per heavy atom. The van der Waals surface area contributed by atoms with Crippen LogP contribution in [-0.2, 0) is 16.1 Å². The van der Waals surface area contributed by atoms with E-state index in [1.165, 1.54) is 24.3 Å². The van der Waals surface area contributed by atoms with Gasteiger partial charge in [-0.3, -0.25) is 4.79 Å². The quantitative estimate of drug-likeness (QED) is 0.299. The van der Waals surface area contributed by atoms with Gasteiger partial charge in [-0.05, 0) is 60.2 Å². The number of carboxylic acid groups (broad SMARTS) is 1. The maximum atomic E-state index is 15.2. The van der Waals surface area contributed by atoms with Crippen LogP contribution < -0.4 is 10.1 Å². The summed E-state index contributed by atoms with van der Waals surface area (Å²) in [5.41, 5.74) is 1.73. The number of halogens is 2. The van der Waals surface area contributed by atoms with Crippen molar-refractivity contribution in [3.05, 3.63) is 101 Å². The van der Waals surface area contributed by atoms with Crippen molar-refractivity contribution >= 4 is 5.97 Å². The number of carboxylic acids is 1. The first kappa shape index (κ1) is 26.4. The molecular weight excluding hydrogens is 448 g/mol. The Bertz CT molecular complexity index is 1080. The summed E-state index contributed by atoms with van der Waals surface area (Å²) >= 11 is 0. The number of rotatable bonds is 11. The third-order valence-corrected chi connectivity index (χ3v) is 5.88. The summed E-state index contributed by atoms with van der Waals surface area (Å²) in [6, 6.07) is 22.1. The number of nitrogens with one attached hydrogen (secondary N) is 1. The molecule has 35 heavy (non-hydrogen) atoms. The van der Waals surface area contributed by atoms with E-state index >= 15 is 8.78 Å². The minimum Gasteiger partial charge on any atom is -0.486 e. The molecule has 1 unspecified atom stereocenters. The first-order valence-electron chi connectivity index (χ1n) is 11.8. The Morgan fingerprint density at radius 3 is 1.97 bits per heavy atom. The van der Waals surface area contributed by atoms with Gasteiger partial charge in [0.1, 0.15) is 11.9 Å². The molecule has 186 valence electrons. The van der Waals surface area contributed by atoms with Crippen LogP contribution in [-0.4, -0.2) is 24.2 Å². The van der Waals surface area contributed by atoms with Crippen LogP contribution in [0.3, 0.4) is 0 Å². The highest BCUT2D eigenvalue weighted by Gasteiger charge is 2.34. The van der Waals surface area contributed by atoms with Crippen LogP contribution in [0.4, 0.5) is 8.78 Å². The Morgan fingerprint density at radius 1 is 0.886 bits per heavy atom. The van der Waals surface area contributed by atoms with Gasteiger partial charge in [0.05, 0.1) is 6.54 Å². The van der Waals surface area contributed by atoms with Crippen molar-refractivity contribution in [1.82, 2.24) is 5.32 Å². The Balaban J connectivity index is 1.70. The fraction of sp³-hybridized carbons (Fsp3) is 0.345. The van der Waals surface area contributed by atoms with Crippen molar-refractivity contribution in [3.63, 3.8) is 0 Å². The molecule has 3 aromatic carbocycles. The van der Waals surface area contributed by atoms with E-state index in [1.54, 1.807) is 24.3 Å². The molecule has 0 radical (unpaired) electrons. The van der Waals surface area contributed by atoms with Crippen LogP contribution in [0.2, 0.25) is 0 Å². The molecule has 3 aromatic rings. The minimum atomic E-state index is -3.12. The number of alkyl halides is 2. The van der Waals surface area contributed by atoms with E-state index in [9.17, 15) is 4.79 Å². The first-order chi connectivity index (χ1) is 16.6.